The Morgan fingerprint density at radius 1 is 1.43 bits per heavy atom. The van der Waals surface area contributed by atoms with Crippen LogP contribution in [0.25, 0.3) is 0 Å². The summed E-state index contributed by atoms with van der Waals surface area (Å²) in [6, 6.07) is 0. The van der Waals surface area contributed by atoms with Crippen molar-refractivity contribution in [2.75, 3.05) is 6.23 Å². The van der Waals surface area contributed by atoms with Crippen LogP contribution in [0.5, 0.6) is 0 Å². The summed E-state index contributed by atoms with van der Waals surface area (Å²) in [5.41, 5.74) is 0. The summed E-state index contributed by atoms with van der Waals surface area (Å²) in [6.45, 7) is 0. The van der Waals surface area contributed by atoms with Crippen LogP contribution in [-0.4, -0.2) is 29.4 Å². The van der Waals surface area contributed by atoms with E-state index in [4.69, 9.17) is 14.4 Å². The smallest absolute Gasteiger partial charge is 0.389 e. The summed E-state index contributed by atoms with van der Waals surface area (Å²) in [6.07, 6.45) is -0.576. The average molecular weight is 125 g/mol. The maximum absolute atomic E-state index is 8.06. The standard InChI is InChI=1S/CH7NO4Si/c2-6-1-7(3,4)5/h3-5H,1-2H2. The molecular formula is CH7NO4Si. The minimum atomic E-state index is -4.00. The molecule has 0 heterocycles. The minimum Gasteiger partial charge on any atom is -0.389 e. The Hall–Kier alpha value is 0.0169. The number of nitrogens with two attached hydrogens (primary N) is 1. The lowest BCUT2D eigenvalue weighted by Crippen LogP contribution is -2.41. The van der Waals surface area contributed by atoms with Crippen molar-refractivity contribution < 1.29 is 19.2 Å². The Morgan fingerprint density at radius 2 is 1.86 bits per heavy atom. The van der Waals surface area contributed by atoms with Gasteiger partial charge in [-0.25, -0.2) is 5.90 Å². The van der Waals surface area contributed by atoms with Crippen molar-refractivity contribution in [3.63, 3.8) is 0 Å². The van der Waals surface area contributed by atoms with Crippen molar-refractivity contribution in [2.24, 2.45) is 5.90 Å². The third-order valence-corrected chi connectivity index (χ3v) is 0.831. The maximum atomic E-state index is 8.06. The zero-order chi connectivity index (χ0) is 5.91. The third-order valence-electron chi connectivity index (χ3n) is 0.277. The van der Waals surface area contributed by atoms with Gasteiger partial charge < -0.3 is 19.2 Å². The molecule has 0 aliphatic rings. The van der Waals surface area contributed by atoms with Gasteiger partial charge in [0.15, 0.2) is 0 Å². The van der Waals surface area contributed by atoms with Gasteiger partial charge in [0, 0.05) is 0 Å². The quantitative estimate of drug-likeness (QED) is 0.238. The molecule has 44 valence electrons. The Morgan fingerprint density at radius 3 is 1.86 bits per heavy atom. The van der Waals surface area contributed by atoms with E-state index < -0.39 is 15.0 Å². The van der Waals surface area contributed by atoms with Crippen molar-refractivity contribution >= 4 is 8.80 Å². The van der Waals surface area contributed by atoms with Crippen molar-refractivity contribution in [1.29, 1.82) is 0 Å². The summed E-state index contributed by atoms with van der Waals surface area (Å²) >= 11 is 0. The SMILES string of the molecule is NOC[Si](O)(O)O. The van der Waals surface area contributed by atoms with E-state index in [1.54, 1.807) is 0 Å². The average Bonchev–Trinajstić information content (AvgIpc) is 1.30. The second-order valence-corrected chi connectivity index (χ2v) is 2.92. The van der Waals surface area contributed by atoms with Crippen LogP contribution in [-0.2, 0) is 4.84 Å². The van der Waals surface area contributed by atoms with Crippen molar-refractivity contribution in [3.05, 3.63) is 0 Å². The van der Waals surface area contributed by atoms with E-state index in [1.165, 1.54) is 0 Å². The van der Waals surface area contributed by atoms with Crippen molar-refractivity contribution in [3.8, 4) is 0 Å². The van der Waals surface area contributed by atoms with Gasteiger partial charge in [-0.2, -0.15) is 0 Å². The van der Waals surface area contributed by atoms with Gasteiger partial charge in [0.1, 0.15) is 6.23 Å². The summed E-state index contributed by atoms with van der Waals surface area (Å²) in [7, 11) is -4.00. The molecule has 0 unspecified atom stereocenters. The highest BCUT2D eigenvalue weighted by Gasteiger charge is 2.26. The Kier molecular flexibility index (Phi) is 2.36. The van der Waals surface area contributed by atoms with Crippen LogP contribution in [0.3, 0.4) is 0 Å². The van der Waals surface area contributed by atoms with Gasteiger partial charge in [-0.05, 0) is 0 Å². The molecule has 0 aliphatic carbocycles. The topological polar surface area (TPSA) is 95.9 Å². The molecule has 0 bridgehead atoms. The van der Waals surface area contributed by atoms with E-state index in [2.05, 4.69) is 10.7 Å². The lowest BCUT2D eigenvalue weighted by atomic mass is 11.7. The van der Waals surface area contributed by atoms with Crippen LogP contribution in [0.1, 0.15) is 0 Å². The van der Waals surface area contributed by atoms with Gasteiger partial charge in [0.25, 0.3) is 0 Å². The number of hydrogen-bond donors (Lipinski definition) is 4. The fourth-order valence-corrected chi connectivity index (χ4v) is 0.335. The third kappa shape index (κ3) is 6.02. The second-order valence-electron chi connectivity index (χ2n) is 1.09. The van der Waals surface area contributed by atoms with Gasteiger partial charge in [-0.15, -0.1) is 0 Å². The highest BCUT2D eigenvalue weighted by molar-refractivity contribution is 6.56. The van der Waals surface area contributed by atoms with E-state index in [-0.39, 0.29) is 0 Å². The summed E-state index contributed by atoms with van der Waals surface area (Å²) in [5, 5.41) is 0. The zero-order valence-corrected chi connectivity index (χ0v) is 4.53. The largest absolute Gasteiger partial charge is 0.522 e. The molecule has 0 fully saturated rings. The number of hydrogen-bond acceptors (Lipinski definition) is 5. The molecule has 0 rings (SSSR count). The molecule has 0 aromatic rings. The van der Waals surface area contributed by atoms with E-state index in [1.807, 2.05) is 0 Å². The van der Waals surface area contributed by atoms with Gasteiger partial charge in [-0.1, -0.05) is 0 Å². The first-order valence-corrected chi connectivity index (χ1v) is 3.60. The lowest BCUT2D eigenvalue weighted by Gasteiger charge is -2.04. The van der Waals surface area contributed by atoms with Crippen LogP contribution >= 0.6 is 0 Å². The molecule has 5 nitrogen and oxygen atoms in total. The molecule has 0 aliphatic heterocycles. The Bertz CT molecular complexity index is 50.1. The molecule has 0 aromatic heterocycles. The van der Waals surface area contributed by atoms with Crippen LogP contribution < -0.4 is 5.90 Å². The predicted molar refractivity (Wildman–Crippen MR) is 22.5 cm³/mol. The van der Waals surface area contributed by atoms with Gasteiger partial charge in [-0.3, -0.25) is 0 Å². The normalized spacial score (nSPS) is 12.0. The van der Waals surface area contributed by atoms with Crippen LogP contribution in [0.2, 0.25) is 0 Å². The Balaban J connectivity index is 3.15. The van der Waals surface area contributed by atoms with Crippen LogP contribution in [0, 0.1) is 0 Å². The fraction of sp³-hybridized carbons (Fsp3) is 1.00. The molecule has 0 spiro atoms. The molecule has 0 saturated heterocycles. The predicted octanol–water partition coefficient (Wildman–Crippen LogP) is -2.67. The molecule has 0 aromatic carbocycles. The van der Waals surface area contributed by atoms with Crippen molar-refractivity contribution in [2.45, 2.75) is 0 Å². The first-order valence-electron chi connectivity index (χ1n) is 1.55. The molecule has 0 amide bonds. The van der Waals surface area contributed by atoms with E-state index in [0.717, 1.165) is 0 Å². The summed E-state index contributed by atoms with van der Waals surface area (Å²) < 4.78 is 0. The molecule has 6 heteroatoms. The molecule has 0 atom stereocenters. The van der Waals surface area contributed by atoms with Gasteiger partial charge in [0.05, 0.1) is 0 Å². The molecule has 5 N–H and O–H groups in total. The van der Waals surface area contributed by atoms with E-state index in [9.17, 15) is 0 Å². The monoisotopic (exact) mass is 125 g/mol. The van der Waals surface area contributed by atoms with Gasteiger partial charge >= 0.3 is 8.80 Å². The zero-order valence-electron chi connectivity index (χ0n) is 3.53. The second kappa shape index (κ2) is 2.36. The first-order chi connectivity index (χ1) is 3.06. The number of rotatable bonds is 2. The molecule has 0 radical (unpaired) electrons. The summed E-state index contributed by atoms with van der Waals surface area (Å²) in [4.78, 5) is 27.9. The highest BCUT2D eigenvalue weighted by atomic mass is 28.4. The lowest BCUT2D eigenvalue weighted by molar-refractivity contribution is 0.110. The maximum Gasteiger partial charge on any atom is 0.522 e. The van der Waals surface area contributed by atoms with E-state index >= 15 is 0 Å². The first kappa shape index (κ1) is 7.02. The van der Waals surface area contributed by atoms with Crippen molar-refractivity contribution in [1.82, 2.24) is 0 Å². The highest BCUT2D eigenvalue weighted by Crippen LogP contribution is 1.80. The fourth-order valence-electron chi connectivity index (χ4n) is 0.112. The minimum absolute atomic E-state index is 0.576. The molecule has 0 saturated carbocycles. The molecular weight excluding hydrogens is 118 g/mol. The Labute approximate surface area is 41.3 Å². The van der Waals surface area contributed by atoms with Gasteiger partial charge in [0.2, 0.25) is 0 Å². The van der Waals surface area contributed by atoms with Crippen LogP contribution in [0.15, 0.2) is 0 Å². The van der Waals surface area contributed by atoms with Crippen LogP contribution in [0.4, 0.5) is 0 Å². The molecule has 7 heavy (non-hydrogen) atoms. The van der Waals surface area contributed by atoms with E-state index in [0.29, 0.717) is 0 Å². The summed E-state index contributed by atoms with van der Waals surface area (Å²) in [5.74, 6) is 4.37.